The first-order valence-electron chi connectivity index (χ1n) is 5.47. The highest BCUT2D eigenvalue weighted by Gasteiger charge is 2.61. The first kappa shape index (κ1) is 13.8. The summed E-state index contributed by atoms with van der Waals surface area (Å²) in [5, 5.41) is 15.3. The van der Waals surface area contributed by atoms with Gasteiger partial charge in [-0.1, -0.05) is 0 Å². The van der Waals surface area contributed by atoms with Gasteiger partial charge in [0.25, 0.3) is 0 Å². The third-order valence-electron chi connectivity index (χ3n) is 3.15. The highest BCUT2D eigenvalue weighted by atomic mass is 32.1. The number of alkyl halides is 3. The average Bonchev–Trinajstić information content (AvgIpc) is 2.96. The van der Waals surface area contributed by atoms with E-state index in [2.05, 4.69) is 10.6 Å². The Kier molecular flexibility index (Phi) is 3.52. The van der Waals surface area contributed by atoms with Crippen molar-refractivity contribution >= 4 is 22.2 Å². The van der Waals surface area contributed by atoms with Crippen molar-refractivity contribution in [3.8, 4) is 6.07 Å². The lowest BCUT2D eigenvalue weighted by Gasteiger charge is -2.29. The van der Waals surface area contributed by atoms with Crippen LogP contribution in [0, 0.1) is 16.7 Å². The molecule has 1 unspecified atom stereocenters. The maximum absolute atomic E-state index is 13.1. The number of nitriles is 1. The van der Waals surface area contributed by atoms with E-state index in [1.165, 1.54) is 6.07 Å². The van der Waals surface area contributed by atoms with Crippen molar-refractivity contribution in [2.45, 2.75) is 12.6 Å². The number of hydrogen-bond donors (Lipinski definition) is 2. The van der Waals surface area contributed by atoms with Gasteiger partial charge < -0.3 is 10.6 Å². The maximum atomic E-state index is 13.1. The molecule has 102 valence electrons. The van der Waals surface area contributed by atoms with E-state index in [9.17, 15) is 18.0 Å². The number of nitrogens with one attached hydrogen (secondary N) is 2. The Morgan fingerprint density at radius 3 is 2.84 bits per heavy atom. The van der Waals surface area contributed by atoms with Crippen LogP contribution in [0.3, 0.4) is 0 Å². The highest BCUT2D eigenvalue weighted by Crippen LogP contribution is 2.44. The van der Waals surface area contributed by atoms with Crippen LogP contribution in [0.5, 0.6) is 0 Å². The molecule has 0 saturated carbocycles. The lowest BCUT2D eigenvalue weighted by atomic mass is 9.85. The summed E-state index contributed by atoms with van der Waals surface area (Å²) >= 11 is 1.03. The molecule has 0 spiro atoms. The van der Waals surface area contributed by atoms with Crippen LogP contribution in [-0.4, -0.2) is 25.2 Å². The summed E-state index contributed by atoms with van der Waals surface area (Å²) < 4.78 is 39.3. The van der Waals surface area contributed by atoms with Gasteiger partial charge in [-0.15, -0.1) is 11.3 Å². The van der Waals surface area contributed by atoms with E-state index < -0.39 is 24.0 Å². The van der Waals surface area contributed by atoms with Gasteiger partial charge in [0, 0.05) is 6.54 Å². The molecule has 1 aromatic rings. The molecule has 8 heteroatoms. The second kappa shape index (κ2) is 4.83. The fourth-order valence-electron chi connectivity index (χ4n) is 1.97. The minimum atomic E-state index is -4.62. The largest absolute Gasteiger partial charge is 0.404 e. The van der Waals surface area contributed by atoms with Gasteiger partial charge in [0.15, 0.2) is 5.41 Å². The molecule has 2 N–H and O–H groups in total. The van der Waals surface area contributed by atoms with Gasteiger partial charge in [-0.25, -0.2) is 0 Å². The van der Waals surface area contributed by atoms with Gasteiger partial charge in [0.1, 0.15) is 11.1 Å². The lowest BCUT2D eigenvalue weighted by molar-refractivity contribution is -0.213. The van der Waals surface area contributed by atoms with Crippen molar-refractivity contribution < 1.29 is 18.0 Å². The Morgan fingerprint density at radius 1 is 1.58 bits per heavy atom. The summed E-state index contributed by atoms with van der Waals surface area (Å²) in [4.78, 5) is 12.0. The molecule has 0 radical (unpaired) electrons. The quantitative estimate of drug-likeness (QED) is 0.876. The summed E-state index contributed by atoms with van der Waals surface area (Å²) in [6.07, 6.45) is -4.92. The molecule has 1 amide bonds. The smallest absolute Gasteiger partial charge is 0.316 e. The topological polar surface area (TPSA) is 64.9 Å². The normalized spacial score (nSPS) is 23.1. The molecule has 2 heterocycles. The van der Waals surface area contributed by atoms with E-state index >= 15 is 0 Å². The van der Waals surface area contributed by atoms with Gasteiger partial charge in [0.05, 0.1) is 5.56 Å². The van der Waals surface area contributed by atoms with Crippen molar-refractivity contribution in [2.24, 2.45) is 5.41 Å². The first-order valence-corrected chi connectivity index (χ1v) is 6.35. The molecule has 1 atom stereocenters. The summed E-state index contributed by atoms with van der Waals surface area (Å²) in [6.45, 7) is -0.294. The second-order valence-electron chi connectivity index (χ2n) is 4.24. The average molecular weight is 289 g/mol. The number of thiophene rings is 1. The maximum Gasteiger partial charge on any atom is 0.404 e. The Bertz CT molecular complexity index is 526. The highest BCUT2D eigenvalue weighted by molar-refractivity contribution is 7.14. The van der Waals surface area contributed by atoms with Gasteiger partial charge in [-0.2, -0.15) is 18.4 Å². The minimum Gasteiger partial charge on any atom is -0.316 e. The zero-order valence-electron chi connectivity index (χ0n) is 9.67. The second-order valence-corrected chi connectivity index (χ2v) is 5.15. The number of nitrogens with zero attached hydrogens (tertiary/aromatic N) is 1. The van der Waals surface area contributed by atoms with Gasteiger partial charge in [-0.3, -0.25) is 4.79 Å². The molecule has 0 bridgehead atoms. The Balaban J connectivity index is 2.25. The van der Waals surface area contributed by atoms with Crippen LogP contribution >= 0.6 is 11.3 Å². The number of amides is 1. The predicted octanol–water partition coefficient (Wildman–Crippen LogP) is 2.10. The summed E-state index contributed by atoms with van der Waals surface area (Å²) in [6, 6.07) is 3.27. The third-order valence-corrected chi connectivity index (χ3v) is 3.98. The van der Waals surface area contributed by atoms with E-state index in [4.69, 9.17) is 5.26 Å². The molecular weight excluding hydrogens is 279 g/mol. The lowest BCUT2D eigenvalue weighted by Crippen LogP contribution is -2.49. The Hall–Kier alpha value is -1.59. The van der Waals surface area contributed by atoms with Crippen LogP contribution in [0.25, 0.3) is 0 Å². The van der Waals surface area contributed by atoms with Crippen LogP contribution in [0.1, 0.15) is 12.0 Å². The predicted molar refractivity (Wildman–Crippen MR) is 63.6 cm³/mol. The zero-order chi connectivity index (χ0) is 14.1. The van der Waals surface area contributed by atoms with Crippen molar-refractivity contribution in [2.75, 3.05) is 18.4 Å². The SMILES string of the molecule is N#Cc1ccsc1NC(=O)C1(C(F)(F)F)CCNC1. The number of hydrogen-bond acceptors (Lipinski definition) is 4. The molecule has 1 fully saturated rings. The number of rotatable bonds is 2. The molecule has 1 saturated heterocycles. The molecule has 1 aliphatic rings. The van der Waals surface area contributed by atoms with Crippen LogP contribution in [-0.2, 0) is 4.79 Å². The van der Waals surface area contributed by atoms with Gasteiger partial charge >= 0.3 is 6.18 Å². The van der Waals surface area contributed by atoms with Gasteiger partial charge in [0.2, 0.25) is 5.91 Å². The number of anilines is 1. The molecule has 1 aliphatic heterocycles. The minimum absolute atomic E-state index is 0.141. The van der Waals surface area contributed by atoms with E-state index in [-0.39, 0.29) is 23.5 Å². The van der Waals surface area contributed by atoms with Gasteiger partial charge in [-0.05, 0) is 24.4 Å². The van der Waals surface area contributed by atoms with Crippen molar-refractivity contribution in [3.05, 3.63) is 17.0 Å². The molecule has 0 aliphatic carbocycles. The van der Waals surface area contributed by atoms with Crippen LogP contribution < -0.4 is 10.6 Å². The molecule has 19 heavy (non-hydrogen) atoms. The number of halogens is 3. The monoisotopic (exact) mass is 289 g/mol. The summed E-state index contributed by atoms with van der Waals surface area (Å²) in [7, 11) is 0. The number of carbonyl (C=O) groups excluding carboxylic acids is 1. The van der Waals surface area contributed by atoms with Crippen LogP contribution in [0.4, 0.5) is 18.2 Å². The van der Waals surface area contributed by atoms with E-state index in [1.54, 1.807) is 5.38 Å². The first-order chi connectivity index (χ1) is 8.90. The molecule has 4 nitrogen and oxygen atoms in total. The molecular formula is C11H10F3N3OS. The van der Waals surface area contributed by atoms with E-state index in [1.807, 2.05) is 6.07 Å². The van der Waals surface area contributed by atoms with Crippen molar-refractivity contribution in [1.82, 2.24) is 5.32 Å². The van der Waals surface area contributed by atoms with E-state index in [0.717, 1.165) is 11.3 Å². The summed E-state index contributed by atoms with van der Waals surface area (Å²) in [5.41, 5.74) is -2.24. The fourth-order valence-corrected chi connectivity index (χ4v) is 2.71. The molecule has 2 rings (SSSR count). The fraction of sp³-hybridized carbons (Fsp3) is 0.455. The van der Waals surface area contributed by atoms with Crippen LogP contribution in [0.2, 0.25) is 0 Å². The molecule has 0 aromatic carbocycles. The van der Waals surface area contributed by atoms with Crippen LogP contribution in [0.15, 0.2) is 11.4 Å². The standard InChI is InChI=1S/C11H10F3N3OS/c12-11(13,14)10(2-3-16-6-10)9(18)17-8-7(5-15)1-4-19-8/h1,4,16H,2-3,6H2,(H,17,18). The Labute approximate surface area is 111 Å². The Morgan fingerprint density at radius 2 is 2.32 bits per heavy atom. The van der Waals surface area contributed by atoms with Crippen molar-refractivity contribution in [3.63, 3.8) is 0 Å². The number of carbonyl (C=O) groups is 1. The third kappa shape index (κ3) is 2.31. The molecule has 1 aromatic heterocycles. The zero-order valence-corrected chi connectivity index (χ0v) is 10.5. The van der Waals surface area contributed by atoms with E-state index in [0.29, 0.717) is 0 Å². The summed E-state index contributed by atoms with van der Waals surface area (Å²) in [5.74, 6) is -1.11. The van der Waals surface area contributed by atoms with Crippen molar-refractivity contribution in [1.29, 1.82) is 5.26 Å².